The van der Waals surface area contributed by atoms with Crippen molar-refractivity contribution in [3.63, 3.8) is 0 Å². The minimum Gasteiger partial charge on any atom is -0.462 e. The standard InChI is InChI=1S/C15H11FN2O3/c1-9-2-7-12(21-9)8-13-14(19)17-18(15(13)20)11-5-3-10(16)4-6-11/h2-8H,1H3,(H,17,19)/b13-8+. The third-order valence-electron chi connectivity index (χ3n) is 3.02. The first kappa shape index (κ1) is 13.1. The van der Waals surface area contributed by atoms with Gasteiger partial charge in [0.25, 0.3) is 11.8 Å². The Bertz CT molecular complexity index is 747. The molecule has 6 heteroatoms. The first-order valence-electron chi connectivity index (χ1n) is 6.24. The van der Waals surface area contributed by atoms with E-state index >= 15 is 0 Å². The number of carbonyl (C=O) groups is 2. The van der Waals surface area contributed by atoms with Crippen LogP contribution in [0.25, 0.3) is 6.08 Å². The van der Waals surface area contributed by atoms with Crippen LogP contribution in [-0.2, 0) is 9.59 Å². The van der Waals surface area contributed by atoms with Crippen molar-refractivity contribution in [3.05, 3.63) is 59.3 Å². The van der Waals surface area contributed by atoms with Crippen LogP contribution in [0, 0.1) is 12.7 Å². The van der Waals surface area contributed by atoms with Gasteiger partial charge in [0, 0.05) is 0 Å². The maximum atomic E-state index is 12.9. The van der Waals surface area contributed by atoms with Gasteiger partial charge in [-0.3, -0.25) is 15.0 Å². The quantitative estimate of drug-likeness (QED) is 0.680. The number of amides is 2. The molecule has 1 aromatic carbocycles. The number of halogens is 1. The van der Waals surface area contributed by atoms with Gasteiger partial charge >= 0.3 is 0 Å². The molecule has 1 fully saturated rings. The van der Waals surface area contributed by atoms with Crippen molar-refractivity contribution in [1.29, 1.82) is 0 Å². The summed E-state index contributed by atoms with van der Waals surface area (Å²) in [7, 11) is 0. The summed E-state index contributed by atoms with van der Waals surface area (Å²) in [5.74, 6) is -0.354. The topological polar surface area (TPSA) is 62.6 Å². The van der Waals surface area contributed by atoms with Crippen molar-refractivity contribution in [2.45, 2.75) is 6.92 Å². The molecule has 0 spiro atoms. The van der Waals surface area contributed by atoms with Crippen LogP contribution in [0.4, 0.5) is 10.1 Å². The number of hydrazine groups is 1. The van der Waals surface area contributed by atoms with Crippen molar-refractivity contribution in [3.8, 4) is 0 Å². The molecule has 0 aliphatic carbocycles. The molecule has 1 N–H and O–H groups in total. The van der Waals surface area contributed by atoms with Gasteiger partial charge < -0.3 is 4.42 Å². The number of rotatable bonds is 2. The number of furan rings is 1. The van der Waals surface area contributed by atoms with E-state index < -0.39 is 17.6 Å². The van der Waals surface area contributed by atoms with Crippen LogP contribution >= 0.6 is 0 Å². The Hall–Kier alpha value is -2.89. The number of nitrogens with one attached hydrogen (secondary N) is 1. The highest BCUT2D eigenvalue weighted by atomic mass is 19.1. The molecule has 1 aliphatic rings. The van der Waals surface area contributed by atoms with Gasteiger partial charge in [-0.2, -0.15) is 0 Å². The molecule has 2 amide bonds. The number of anilines is 1. The van der Waals surface area contributed by atoms with Gasteiger partial charge in [0.05, 0.1) is 5.69 Å². The maximum absolute atomic E-state index is 12.9. The monoisotopic (exact) mass is 286 g/mol. The molecule has 1 aliphatic heterocycles. The first-order chi connectivity index (χ1) is 10.0. The summed E-state index contributed by atoms with van der Waals surface area (Å²) >= 11 is 0. The molecule has 2 heterocycles. The van der Waals surface area contributed by atoms with E-state index in [1.165, 1.54) is 30.3 Å². The molecule has 2 aromatic rings. The summed E-state index contributed by atoms with van der Waals surface area (Å²) in [5, 5.41) is 1.07. The summed E-state index contributed by atoms with van der Waals surface area (Å²) in [6.07, 6.45) is 1.38. The van der Waals surface area contributed by atoms with Gasteiger partial charge in [-0.25, -0.2) is 9.40 Å². The Labute approximate surface area is 119 Å². The number of benzene rings is 1. The lowest BCUT2D eigenvalue weighted by Gasteiger charge is -2.14. The molecule has 0 atom stereocenters. The Morgan fingerprint density at radius 1 is 1.14 bits per heavy atom. The first-order valence-corrected chi connectivity index (χ1v) is 6.24. The van der Waals surface area contributed by atoms with Crippen molar-refractivity contribution < 1.29 is 18.4 Å². The van der Waals surface area contributed by atoms with Crippen LogP contribution in [0.15, 0.2) is 46.4 Å². The highest BCUT2D eigenvalue weighted by Crippen LogP contribution is 2.22. The van der Waals surface area contributed by atoms with E-state index in [2.05, 4.69) is 5.43 Å². The van der Waals surface area contributed by atoms with E-state index in [9.17, 15) is 14.0 Å². The number of nitrogens with zero attached hydrogens (tertiary/aromatic N) is 1. The Morgan fingerprint density at radius 3 is 2.48 bits per heavy atom. The number of hydrogen-bond donors (Lipinski definition) is 1. The second-order valence-corrected chi connectivity index (χ2v) is 4.56. The Kier molecular flexibility index (Phi) is 3.06. The third kappa shape index (κ3) is 2.43. The molecule has 21 heavy (non-hydrogen) atoms. The zero-order valence-corrected chi connectivity index (χ0v) is 11.1. The average Bonchev–Trinajstić information content (AvgIpc) is 2.98. The van der Waals surface area contributed by atoms with Crippen LogP contribution < -0.4 is 10.4 Å². The molecule has 1 saturated heterocycles. The SMILES string of the molecule is Cc1ccc(/C=C2\C(=O)NN(c3ccc(F)cc3)C2=O)o1. The van der Waals surface area contributed by atoms with Crippen LogP contribution in [0.3, 0.4) is 0 Å². The minimum atomic E-state index is -0.529. The van der Waals surface area contributed by atoms with E-state index in [4.69, 9.17) is 4.42 Å². The van der Waals surface area contributed by atoms with E-state index in [0.29, 0.717) is 17.2 Å². The summed E-state index contributed by atoms with van der Waals surface area (Å²) in [6, 6.07) is 8.66. The van der Waals surface area contributed by atoms with E-state index in [0.717, 1.165) is 5.01 Å². The summed E-state index contributed by atoms with van der Waals surface area (Å²) < 4.78 is 18.2. The average molecular weight is 286 g/mol. The number of hydrogen-bond acceptors (Lipinski definition) is 3. The molecule has 0 radical (unpaired) electrons. The van der Waals surface area contributed by atoms with Crippen molar-refractivity contribution >= 4 is 23.6 Å². The van der Waals surface area contributed by atoms with Crippen LogP contribution in [0.1, 0.15) is 11.5 Å². The van der Waals surface area contributed by atoms with Crippen molar-refractivity contribution in [2.75, 3.05) is 5.01 Å². The second kappa shape index (κ2) is 4.90. The molecule has 0 saturated carbocycles. The number of carbonyl (C=O) groups excluding carboxylic acids is 2. The summed E-state index contributed by atoms with van der Waals surface area (Å²) in [6.45, 7) is 1.77. The number of aryl methyl sites for hydroxylation is 1. The smallest absolute Gasteiger partial charge is 0.282 e. The minimum absolute atomic E-state index is 0.0336. The molecule has 0 unspecified atom stereocenters. The lowest BCUT2D eigenvalue weighted by Crippen LogP contribution is -2.35. The van der Waals surface area contributed by atoms with Gasteiger partial charge in [-0.1, -0.05) is 0 Å². The molecule has 106 valence electrons. The van der Waals surface area contributed by atoms with E-state index in [1.54, 1.807) is 19.1 Å². The molecule has 5 nitrogen and oxygen atoms in total. The highest BCUT2D eigenvalue weighted by molar-refractivity contribution is 6.31. The lowest BCUT2D eigenvalue weighted by molar-refractivity contribution is -0.117. The highest BCUT2D eigenvalue weighted by Gasteiger charge is 2.34. The molecular weight excluding hydrogens is 275 g/mol. The summed E-state index contributed by atoms with van der Waals surface area (Å²) in [5.41, 5.74) is 2.78. The normalized spacial score (nSPS) is 16.7. The molecule has 3 rings (SSSR count). The van der Waals surface area contributed by atoms with Gasteiger partial charge in [0.15, 0.2) is 0 Å². The third-order valence-corrected chi connectivity index (χ3v) is 3.02. The lowest BCUT2D eigenvalue weighted by atomic mass is 10.2. The zero-order chi connectivity index (χ0) is 15.0. The molecular formula is C15H11FN2O3. The van der Waals surface area contributed by atoms with Crippen LogP contribution in [0.5, 0.6) is 0 Å². The van der Waals surface area contributed by atoms with E-state index in [-0.39, 0.29) is 5.57 Å². The van der Waals surface area contributed by atoms with Crippen molar-refractivity contribution in [1.82, 2.24) is 5.43 Å². The second-order valence-electron chi connectivity index (χ2n) is 4.56. The fourth-order valence-corrected chi connectivity index (χ4v) is 2.00. The largest absolute Gasteiger partial charge is 0.462 e. The fourth-order valence-electron chi connectivity index (χ4n) is 2.00. The molecule has 1 aromatic heterocycles. The van der Waals surface area contributed by atoms with Crippen LogP contribution in [0.2, 0.25) is 0 Å². The summed E-state index contributed by atoms with van der Waals surface area (Å²) in [4.78, 5) is 24.1. The zero-order valence-electron chi connectivity index (χ0n) is 11.1. The van der Waals surface area contributed by atoms with Gasteiger partial charge in [0.2, 0.25) is 0 Å². The maximum Gasteiger partial charge on any atom is 0.282 e. The van der Waals surface area contributed by atoms with Crippen molar-refractivity contribution in [2.24, 2.45) is 0 Å². The van der Waals surface area contributed by atoms with Crippen LogP contribution in [-0.4, -0.2) is 11.8 Å². The fraction of sp³-hybridized carbons (Fsp3) is 0.0667. The predicted octanol–water partition coefficient (Wildman–Crippen LogP) is 2.19. The van der Waals surface area contributed by atoms with Gasteiger partial charge in [0.1, 0.15) is 22.9 Å². The van der Waals surface area contributed by atoms with Gasteiger partial charge in [-0.05, 0) is 49.4 Å². The predicted molar refractivity (Wildman–Crippen MR) is 73.5 cm³/mol. The van der Waals surface area contributed by atoms with E-state index in [1.807, 2.05) is 0 Å². The van der Waals surface area contributed by atoms with Gasteiger partial charge in [-0.15, -0.1) is 0 Å². The Balaban J connectivity index is 1.92. The Morgan fingerprint density at radius 2 is 1.86 bits per heavy atom. The molecule has 0 bridgehead atoms.